The van der Waals surface area contributed by atoms with Crippen molar-refractivity contribution in [1.29, 1.82) is 0 Å². The summed E-state index contributed by atoms with van der Waals surface area (Å²) in [7, 11) is 0. The lowest BCUT2D eigenvalue weighted by Crippen LogP contribution is -2.20. The molecule has 0 aromatic carbocycles. The van der Waals surface area contributed by atoms with Crippen molar-refractivity contribution in [3.05, 3.63) is 0 Å². The third-order valence-electron chi connectivity index (χ3n) is 4.69. The molecular formula is C12H24. The van der Waals surface area contributed by atoms with Crippen LogP contribution in [0.2, 0.25) is 0 Å². The maximum absolute atomic E-state index is 2.48. The van der Waals surface area contributed by atoms with E-state index >= 15 is 0 Å². The molecule has 4 unspecified atom stereocenters. The Morgan fingerprint density at radius 2 is 1.83 bits per heavy atom. The van der Waals surface area contributed by atoms with Crippen LogP contribution in [-0.4, -0.2) is 0 Å². The number of rotatable bonds is 2. The summed E-state index contributed by atoms with van der Waals surface area (Å²) in [6.07, 6.45) is 4.19. The summed E-state index contributed by atoms with van der Waals surface area (Å²) in [4.78, 5) is 0. The third-order valence-corrected chi connectivity index (χ3v) is 4.69. The SMILES string of the molecule is CCC1CC(C)(CC)C(C)C1C. The Kier molecular flexibility index (Phi) is 2.85. The van der Waals surface area contributed by atoms with Gasteiger partial charge in [-0.2, -0.15) is 0 Å². The molecule has 1 aliphatic rings. The molecule has 4 atom stereocenters. The fourth-order valence-electron chi connectivity index (χ4n) is 3.00. The maximum Gasteiger partial charge on any atom is -0.0297 e. The zero-order chi connectivity index (χ0) is 9.35. The van der Waals surface area contributed by atoms with Crippen LogP contribution in [0.4, 0.5) is 0 Å². The van der Waals surface area contributed by atoms with Gasteiger partial charge in [0, 0.05) is 0 Å². The summed E-state index contributed by atoms with van der Waals surface area (Å²) in [5, 5.41) is 0. The quantitative estimate of drug-likeness (QED) is 0.582. The Morgan fingerprint density at radius 1 is 1.25 bits per heavy atom. The van der Waals surface area contributed by atoms with Gasteiger partial charge in [0.05, 0.1) is 0 Å². The van der Waals surface area contributed by atoms with Crippen LogP contribution in [0.3, 0.4) is 0 Å². The summed E-state index contributed by atoms with van der Waals surface area (Å²) < 4.78 is 0. The minimum absolute atomic E-state index is 0.639. The zero-order valence-corrected chi connectivity index (χ0v) is 9.35. The number of hydrogen-bond donors (Lipinski definition) is 0. The molecule has 0 radical (unpaired) electrons. The van der Waals surface area contributed by atoms with E-state index in [4.69, 9.17) is 0 Å². The molecule has 0 aliphatic heterocycles. The monoisotopic (exact) mass is 168 g/mol. The van der Waals surface area contributed by atoms with Gasteiger partial charge in [-0.05, 0) is 29.6 Å². The normalized spacial score (nSPS) is 48.2. The highest BCUT2D eigenvalue weighted by Gasteiger charge is 2.43. The highest BCUT2D eigenvalue weighted by atomic mass is 14.5. The van der Waals surface area contributed by atoms with Crippen LogP contribution < -0.4 is 0 Å². The lowest BCUT2D eigenvalue weighted by atomic mass is 9.77. The first-order chi connectivity index (χ1) is 5.55. The van der Waals surface area contributed by atoms with E-state index in [1.807, 2.05) is 0 Å². The fraction of sp³-hybridized carbons (Fsp3) is 1.00. The molecule has 1 aliphatic carbocycles. The zero-order valence-electron chi connectivity index (χ0n) is 9.35. The van der Waals surface area contributed by atoms with Gasteiger partial charge in [-0.25, -0.2) is 0 Å². The first kappa shape index (κ1) is 10.1. The van der Waals surface area contributed by atoms with E-state index in [-0.39, 0.29) is 0 Å². The van der Waals surface area contributed by atoms with Crippen molar-refractivity contribution in [3.8, 4) is 0 Å². The second kappa shape index (κ2) is 3.40. The van der Waals surface area contributed by atoms with Gasteiger partial charge < -0.3 is 0 Å². The molecule has 0 heteroatoms. The van der Waals surface area contributed by atoms with Gasteiger partial charge in [-0.1, -0.05) is 47.5 Å². The van der Waals surface area contributed by atoms with E-state index in [9.17, 15) is 0 Å². The molecule has 0 saturated heterocycles. The Morgan fingerprint density at radius 3 is 2.08 bits per heavy atom. The topological polar surface area (TPSA) is 0 Å². The van der Waals surface area contributed by atoms with E-state index in [1.165, 1.54) is 19.3 Å². The van der Waals surface area contributed by atoms with Crippen molar-refractivity contribution in [2.45, 2.75) is 53.9 Å². The lowest BCUT2D eigenvalue weighted by molar-refractivity contribution is 0.210. The molecule has 1 saturated carbocycles. The minimum atomic E-state index is 0.639. The number of hydrogen-bond acceptors (Lipinski definition) is 0. The van der Waals surface area contributed by atoms with Gasteiger partial charge in [0.25, 0.3) is 0 Å². The van der Waals surface area contributed by atoms with Crippen LogP contribution in [0.1, 0.15) is 53.9 Å². The van der Waals surface area contributed by atoms with E-state index in [0.29, 0.717) is 5.41 Å². The molecule has 1 rings (SSSR count). The minimum Gasteiger partial charge on any atom is -0.0651 e. The van der Waals surface area contributed by atoms with Crippen molar-refractivity contribution >= 4 is 0 Å². The maximum atomic E-state index is 2.48. The Bertz CT molecular complexity index is 150. The average Bonchev–Trinajstić information content (AvgIpc) is 2.31. The molecule has 0 nitrogen and oxygen atoms in total. The molecule has 72 valence electrons. The molecule has 0 heterocycles. The smallest absolute Gasteiger partial charge is 0.0297 e. The van der Waals surface area contributed by atoms with Crippen molar-refractivity contribution in [2.24, 2.45) is 23.2 Å². The molecule has 0 amide bonds. The van der Waals surface area contributed by atoms with Crippen LogP contribution in [0.5, 0.6) is 0 Å². The van der Waals surface area contributed by atoms with Crippen molar-refractivity contribution in [1.82, 2.24) is 0 Å². The van der Waals surface area contributed by atoms with Crippen LogP contribution >= 0.6 is 0 Å². The molecule has 0 aromatic rings. The summed E-state index contributed by atoms with van der Waals surface area (Å²) in [6, 6.07) is 0. The van der Waals surface area contributed by atoms with Crippen LogP contribution in [-0.2, 0) is 0 Å². The molecule has 0 N–H and O–H groups in total. The molecule has 0 bridgehead atoms. The van der Waals surface area contributed by atoms with Gasteiger partial charge in [0.15, 0.2) is 0 Å². The highest BCUT2D eigenvalue weighted by Crippen LogP contribution is 2.52. The molecule has 0 aromatic heterocycles. The molecule has 0 spiro atoms. The van der Waals surface area contributed by atoms with Crippen LogP contribution in [0, 0.1) is 23.2 Å². The summed E-state index contributed by atoms with van der Waals surface area (Å²) in [5.41, 5.74) is 0.639. The van der Waals surface area contributed by atoms with Gasteiger partial charge in [0.2, 0.25) is 0 Å². The van der Waals surface area contributed by atoms with Crippen molar-refractivity contribution in [2.75, 3.05) is 0 Å². The fourth-order valence-corrected chi connectivity index (χ4v) is 3.00. The molecule has 12 heavy (non-hydrogen) atoms. The second-order valence-electron chi connectivity index (χ2n) is 5.03. The van der Waals surface area contributed by atoms with Crippen molar-refractivity contribution in [3.63, 3.8) is 0 Å². The predicted molar refractivity (Wildman–Crippen MR) is 55.1 cm³/mol. The van der Waals surface area contributed by atoms with Gasteiger partial charge in [0.1, 0.15) is 0 Å². The third kappa shape index (κ3) is 1.41. The van der Waals surface area contributed by atoms with Gasteiger partial charge in [-0.15, -0.1) is 0 Å². The Balaban J connectivity index is 2.72. The van der Waals surface area contributed by atoms with E-state index in [1.54, 1.807) is 0 Å². The van der Waals surface area contributed by atoms with E-state index < -0.39 is 0 Å². The van der Waals surface area contributed by atoms with Crippen LogP contribution in [0.25, 0.3) is 0 Å². The predicted octanol–water partition coefficient (Wildman–Crippen LogP) is 4.10. The highest BCUT2D eigenvalue weighted by molar-refractivity contribution is 4.93. The summed E-state index contributed by atoms with van der Waals surface area (Å²) in [5.74, 6) is 2.86. The Hall–Kier alpha value is 0. The standard InChI is InChI=1S/C12H24/c1-6-11-8-12(5,7-2)10(4)9(11)3/h9-11H,6-8H2,1-5H3. The molecular weight excluding hydrogens is 144 g/mol. The van der Waals surface area contributed by atoms with E-state index in [0.717, 1.165) is 17.8 Å². The first-order valence-electron chi connectivity index (χ1n) is 5.55. The summed E-state index contributed by atoms with van der Waals surface area (Å²) in [6.45, 7) is 12.1. The molecule has 1 fully saturated rings. The lowest BCUT2D eigenvalue weighted by Gasteiger charge is -2.29. The second-order valence-corrected chi connectivity index (χ2v) is 5.03. The summed E-state index contributed by atoms with van der Waals surface area (Å²) >= 11 is 0. The van der Waals surface area contributed by atoms with Gasteiger partial charge in [-0.3, -0.25) is 0 Å². The first-order valence-corrected chi connectivity index (χ1v) is 5.55. The van der Waals surface area contributed by atoms with Crippen LogP contribution in [0.15, 0.2) is 0 Å². The largest absolute Gasteiger partial charge is 0.0651 e. The van der Waals surface area contributed by atoms with E-state index in [2.05, 4.69) is 34.6 Å². The Labute approximate surface area is 77.7 Å². The van der Waals surface area contributed by atoms with Gasteiger partial charge >= 0.3 is 0 Å². The van der Waals surface area contributed by atoms with Crippen molar-refractivity contribution < 1.29 is 0 Å². The average molecular weight is 168 g/mol.